The molecule has 8 nitrogen and oxygen atoms in total. The van der Waals surface area contributed by atoms with E-state index in [1.54, 1.807) is 0 Å². The number of hydrogen-bond donors (Lipinski definition) is 3. The Morgan fingerprint density at radius 3 is 2.67 bits per heavy atom. The van der Waals surface area contributed by atoms with E-state index in [1.165, 1.54) is 18.2 Å². The molecule has 1 aromatic carbocycles. The second-order valence-corrected chi connectivity index (χ2v) is 4.55. The molecule has 0 fully saturated rings. The highest BCUT2D eigenvalue weighted by atomic mass is 35.5. The van der Waals surface area contributed by atoms with E-state index in [0.717, 1.165) is 0 Å². The minimum absolute atomic E-state index is 0.0308. The van der Waals surface area contributed by atoms with Crippen LogP contribution in [-0.2, 0) is 11.3 Å². The smallest absolute Gasteiger partial charge is 0.315 e. The van der Waals surface area contributed by atoms with Gasteiger partial charge < -0.3 is 15.7 Å². The van der Waals surface area contributed by atoms with Crippen LogP contribution in [-0.4, -0.2) is 28.6 Å². The second kappa shape index (κ2) is 8.05. The van der Waals surface area contributed by atoms with Gasteiger partial charge in [-0.1, -0.05) is 11.6 Å². The zero-order valence-electron chi connectivity index (χ0n) is 11.0. The number of carboxylic acid groups (broad SMARTS) is 1. The Morgan fingerprint density at radius 1 is 1.33 bits per heavy atom. The maximum Gasteiger partial charge on any atom is 0.315 e. The number of nitro groups is 1. The lowest BCUT2D eigenvalue weighted by Crippen LogP contribution is -2.35. The molecule has 0 saturated heterocycles. The van der Waals surface area contributed by atoms with Gasteiger partial charge in [0.25, 0.3) is 5.69 Å². The second-order valence-electron chi connectivity index (χ2n) is 4.14. The molecule has 0 aliphatic rings. The molecule has 0 aliphatic carbocycles. The average molecular weight is 316 g/mol. The lowest BCUT2D eigenvalue weighted by Gasteiger charge is -2.08. The van der Waals surface area contributed by atoms with Gasteiger partial charge in [0.15, 0.2) is 0 Å². The monoisotopic (exact) mass is 315 g/mol. The van der Waals surface area contributed by atoms with E-state index in [-0.39, 0.29) is 25.2 Å². The summed E-state index contributed by atoms with van der Waals surface area (Å²) in [7, 11) is 0. The summed E-state index contributed by atoms with van der Waals surface area (Å²) < 4.78 is 0. The predicted molar refractivity (Wildman–Crippen MR) is 75.2 cm³/mol. The van der Waals surface area contributed by atoms with Crippen molar-refractivity contribution in [2.24, 2.45) is 0 Å². The standard InChI is InChI=1S/C12H14ClN3O5/c13-10-4-3-9(16(20)21)6-8(10)7-15-12(19)14-5-1-2-11(17)18/h3-4,6H,1-2,5,7H2,(H,17,18)(H2,14,15,19). The fourth-order valence-electron chi connectivity index (χ4n) is 1.49. The maximum atomic E-state index is 11.4. The van der Waals surface area contributed by atoms with Crippen LogP contribution < -0.4 is 10.6 Å². The SMILES string of the molecule is O=C(O)CCCNC(=O)NCc1cc([N+](=O)[O-])ccc1Cl. The number of aliphatic carboxylic acids is 1. The number of nitrogens with zero attached hydrogens (tertiary/aromatic N) is 1. The van der Waals surface area contributed by atoms with Crippen LogP contribution in [0.25, 0.3) is 0 Å². The Morgan fingerprint density at radius 2 is 2.05 bits per heavy atom. The van der Waals surface area contributed by atoms with Gasteiger partial charge >= 0.3 is 12.0 Å². The zero-order chi connectivity index (χ0) is 15.8. The van der Waals surface area contributed by atoms with Gasteiger partial charge in [-0.25, -0.2) is 4.79 Å². The summed E-state index contributed by atoms with van der Waals surface area (Å²) in [4.78, 5) is 31.8. The van der Waals surface area contributed by atoms with Gasteiger partial charge in [0.2, 0.25) is 0 Å². The number of hydrogen-bond acceptors (Lipinski definition) is 4. The van der Waals surface area contributed by atoms with Gasteiger partial charge in [-0.3, -0.25) is 14.9 Å². The topological polar surface area (TPSA) is 122 Å². The Balaban J connectivity index is 2.44. The van der Waals surface area contributed by atoms with Gasteiger partial charge in [0.05, 0.1) is 4.92 Å². The molecule has 0 aromatic heterocycles. The number of carbonyl (C=O) groups excluding carboxylic acids is 1. The van der Waals surface area contributed by atoms with Crippen LogP contribution in [0.15, 0.2) is 18.2 Å². The molecule has 0 unspecified atom stereocenters. The molecule has 1 aromatic rings. The third-order valence-corrected chi connectivity index (χ3v) is 2.90. The number of carbonyl (C=O) groups is 2. The number of nitrogens with one attached hydrogen (secondary N) is 2. The molecular weight excluding hydrogens is 302 g/mol. The minimum Gasteiger partial charge on any atom is -0.481 e. The average Bonchev–Trinajstić information content (AvgIpc) is 2.42. The van der Waals surface area contributed by atoms with Crippen molar-refractivity contribution in [1.82, 2.24) is 10.6 Å². The van der Waals surface area contributed by atoms with Crippen molar-refractivity contribution >= 4 is 29.3 Å². The van der Waals surface area contributed by atoms with Crippen LogP contribution in [0.4, 0.5) is 10.5 Å². The van der Waals surface area contributed by atoms with Gasteiger partial charge in [-0.15, -0.1) is 0 Å². The third kappa shape index (κ3) is 6.09. The Hall–Kier alpha value is -2.35. The molecule has 0 saturated carbocycles. The Labute approximate surface area is 125 Å². The summed E-state index contributed by atoms with van der Waals surface area (Å²) in [6.45, 7) is 0.256. The molecule has 21 heavy (non-hydrogen) atoms. The molecule has 0 spiro atoms. The van der Waals surface area contributed by atoms with E-state index < -0.39 is 16.9 Å². The van der Waals surface area contributed by atoms with Crippen molar-refractivity contribution < 1.29 is 19.6 Å². The fourth-order valence-corrected chi connectivity index (χ4v) is 1.67. The number of nitro benzene ring substituents is 1. The summed E-state index contributed by atoms with van der Waals surface area (Å²) >= 11 is 5.89. The van der Waals surface area contributed by atoms with Gasteiger partial charge in [-0.05, 0) is 18.1 Å². The molecule has 0 aliphatic heterocycles. The summed E-state index contributed by atoms with van der Waals surface area (Å²) in [5.41, 5.74) is 0.310. The first kappa shape index (κ1) is 16.7. The maximum absolute atomic E-state index is 11.4. The lowest BCUT2D eigenvalue weighted by atomic mass is 10.2. The summed E-state index contributed by atoms with van der Waals surface area (Å²) in [6.07, 6.45) is 0.289. The van der Waals surface area contributed by atoms with Crippen molar-refractivity contribution in [3.8, 4) is 0 Å². The van der Waals surface area contributed by atoms with E-state index in [1.807, 2.05) is 0 Å². The van der Waals surface area contributed by atoms with Crippen molar-refractivity contribution in [2.45, 2.75) is 19.4 Å². The van der Waals surface area contributed by atoms with Crippen LogP contribution in [0.5, 0.6) is 0 Å². The van der Waals surface area contributed by atoms with Crippen LogP contribution in [0.3, 0.4) is 0 Å². The molecule has 0 radical (unpaired) electrons. The number of urea groups is 1. The quantitative estimate of drug-likeness (QED) is 0.403. The lowest BCUT2D eigenvalue weighted by molar-refractivity contribution is -0.384. The normalized spacial score (nSPS) is 9.95. The summed E-state index contributed by atoms with van der Waals surface area (Å²) in [5.74, 6) is -0.930. The molecule has 2 amide bonds. The van der Waals surface area contributed by atoms with Crippen LogP contribution in [0, 0.1) is 10.1 Å². The number of amides is 2. The Bertz CT molecular complexity index is 550. The predicted octanol–water partition coefficient (Wildman–Crippen LogP) is 1.91. The van der Waals surface area contributed by atoms with E-state index >= 15 is 0 Å². The van der Waals surface area contributed by atoms with Crippen LogP contribution >= 0.6 is 11.6 Å². The number of benzene rings is 1. The van der Waals surface area contributed by atoms with Gasteiger partial charge in [0.1, 0.15) is 0 Å². The Kier molecular flexibility index (Phi) is 6.41. The molecule has 3 N–H and O–H groups in total. The zero-order valence-corrected chi connectivity index (χ0v) is 11.7. The third-order valence-electron chi connectivity index (χ3n) is 2.53. The first-order valence-electron chi connectivity index (χ1n) is 6.06. The van der Waals surface area contributed by atoms with E-state index in [2.05, 4.69) is 10.6 Å². The van der Waals surface area contributed by atoms with Crippen molar-refractivity contribution in [3.63, 3.8) is 0 Å². The van der Waals surface area contributed by atoms with E-state index in [0.29, 0.717) is 17.0 Å². The van der Waals surface area contributed by atoms with Crippen molar-refractivity contribution in [2.75, 3.05) is 6.54 Å². The summed E-state index contributed by atoms with van der Waals surface area (Å²) in [6, 6.07) is 3.45. The highest BCUT2D eigenvalue weighted by Gasteiger charge is 2.10. The van der Waals surface area contributed by atoms with E-state index in [9.17, 15) is 19.7 Å². The minimum atomic E-state index is -0.930. The van der Waals surface area contributed by atoms with Crippen LogP contribution in [0.2, 0.25) is 5.02 Å². The van der Waals surface area contributed by atoms with Gasteiger partial charge in [-0.2, -0.15) is 0 Å². The number of carboxylic acids is 1. The first-order chi connectivity index (χ1) is 9.90. The molecule has 0 heterocycles. The number of halogens is 1. The van der Waals surface area contributed by atoms with Crippen molar-refractivity contribution in [1.29, 1.82) is 0 Å². The van der Waals surface area contributed by atoms with Crippen LogP contribution in [0.1, 0.15) is 18.4 Å². The first-order valence-corrected chi connectivity index (χ1v) is 6.44. The summed E-state index contributed by atoms with van der Waals surface area (Å²) in [5, 5.41) is 24.4. The molecule has 0 atom stereocenters. The molecule has 0 bridgehead atoms. The number of non-ortho nitro benzene ring substituents is 1. The molecule has 9 heteroatoms. The largest absolute Gasteiger partial charge is 0.481 e. The highest BCUT2D eigenvalue weighted by Crippen LogP contribution is 2.21. The fraction of sp³-hybridized carbons (Fsp3) is 0.333. The molecular formula is C12H14ClN3O5. The molecule has 114 valence electrons. The van der Waals surface area contributed by atoms with E-state index in [4.69, 9.17) is 16.7 Å². The van der Waals surface area contributed by atoms with Crippen molar-refractivity contribution in [3.05, 3.63) is 38.9 Å². The highest BCUT2D eigenvalue weighted by molar-refractivity contribution is 6.31. The van der Waals surface area contributed by atoms with Gasteiger partial charge in [0, 0.05) is 36.7 Å². The number of rotatable bonds is 7. The molecule has 1 rings (SSSR count).